The van der Waals surface area contributed by atoms with Crippen LogP contribution < -0.4 is 11.3 Å². The van der Waals surface area contributed by atoms with Crippen molar-refractivity contribution in [2.45, 2.75) is 33.2 Å². The van der Waals surface area contributed by atoms with Crippen LogP contribution in [0, 0.1) is 5.41 Å². The van der Waals surface area contributed by atoms with Gasteiger partial charge in [0.1, 0.15) is 5.69 Å². The fraction of sp³-hybridized carbons (Fsp3) is 0.571. The molecule has 0 bridgehead atoms. The standard InChI is InChI=1S/C14H22N4O/c1-14(2)6-8-18(9-7-14)10-11-4-3-5-12(16-11)13(19)17-15/h3-5H,6-10,15H2,1-2H3,(H,17,19). The number of nitrogens with one attached hydrogen (secondary N) is 1. The molecule has 5 nitrogen and oxygen atoms in total. The number of nitrogen functional groups attached to an aromatic ring is 1. The molecule has 3 N–H and O–H groups in total. The van der Waals surface area contributed by atoms with Crippen LogP contribution in [0.3, 0.4) is 0 Å². The minimum absolute atomic E-state index is 0.346. The molecule has 2 heterocycles. The molecule has 1 saturated heterocycles. The zero-order chi connectivity index (χ0) is 13.9. The van der Waals surface area contributed by atoms with Gasteiger partial charge in [-0.1, -0.05) is 19.9 Å². The molecule has 0 unspecified atom stereocenters. The molecule has 1 aromatic rings. The minimum Gasteiger partial charge on any atom is -0.297 e. The van der Waals surface area contributed by atoms with Gasteiger partial charge in [-0.15, -0.1) is 0 Å². The molecule has 0 spiro atoms. The van der Waals surface area contributed by atoms with E-state index < -0.39 is 0 Å². The molecule has 0 aromatic carbocycles. The highest BCUT2D eigenvalue weighted by molar-refractivity contribution is 5.91. The second kappa shape index (κ2) is 5.67. The zero-order valence-corrected chi connectivity index (χ0v) is 11.6. The fourth-order valence-electron chi connectivity index (χ4n) is 2.31. The Hall–Kier alpha value is -1.46. The first-order valence-corrected chi connectivity index (χ1v) is 6.69. The predicted octanol–water partition coefficient (Wildman–Crippen LogP) is 1.31. The van der Waals surface area contributed by atoms with E-state index in [0.717, 1.165) is 25.3 Å². The maximum absolute atomic E-state index is 11.4. The van der Waals surface area contributed by atoms with Crippen LogP contribution in [0.1, 0.15) is 42.9 Å². The first-order chi connectivity index (χ1) is 9.00. The van der Waals surface area contributed by atoms with Gasteiger partial charge in [0.05, 0.1) is 5.69 Å². The van der Waals surface area contributed by atoms with Gasteiger partial charge in [0.2, 0.25) is 0 Å². The lowest BCUT2D eigenvalue weighted by molar-refractivity contribution is 0.0947. The Morgan fingerprint density at radius 2 is 2.11 bits per heavy atom. The molecule has 1 aliphatic rings. The summed E-state index contributed by atoms with van der Waals surface area (Å²) >= 11 is 0. The molecule has 0 aliphatic carbocycles. The fourth-order valence-corrected chi connectivity index (χ4v) is 2.31. The number of pyridine rings is 1. The minimum atomic E-state index is -0.346. The van der Waals surface area contributed by atoms with Gasteiger partial charge in [-0.05, 0) is 43.5 Å². The van der Waals surface area contributed by atoms with Crippen LogP contribution in [-0.4, -0.2) is 28.9 Å². The van der Waals surface area contributed by atoms with E-state index in [4.69, 9.17) is 5.84 Å². The highest BCUT2D eigenvalue weighted by Gasteiger charge is 2.25. The molecule has 2 rings (SSSR count). The molecule has 1 fully saturated rings. The van der Waals surface area contributed by atoms with Gasteiger partial charge in [-0.2, -0.15) is 0 Å². The molecule has 0 saturated carbocycles. The number of piperidine rings is 1. The number of hydrogen-bond acceptors (Lipinski definition) is 4. The topological polar surface area (TPSA) is 71.2 Å². The van der Waals surface area contributed by atoms with Crippen molar-refractivity contribution in [3.63, 3.8) is 0 Å². The Kier molecular flexibility index (Phi) is 4.17. The van der Waals surface area contributed by atoms with Gasteiger partial charge in [0.15, 0.2) is 0 Å². The summed E-state index contributed by atoms with van der Waals surface area (Å²) in [5, 5.41) is 0. The number of carbonyl (C=O) groups excluding carboxylic acids is 1. The van der Waals surface area contributed by atoms with Gasteiger partial charge >= 0.3 is 0 Å². The number of carbonyl (C=O) groups is 1. The summed E-state index contributed by atoms with van der Waals surface area (Å²) in [6.45, 7) is 7.59. The first-order valence-electron chi connectivity index (χ1n) is 6.69. The summed E-state index contributed by atoms with van der Waals surface area (Å²) in [5.74, 6) is 4.77. The van der Waals surface area contributed by atoms with Gasteiger partial charge < -0.3 is 0 Å². The summed E-state index contributed by atoms with van der Waals surface area (Å²) in [4.78, 5) is 18.2. The van der Waals surface area contributed by atoms with Crippen LogP contribution in [0.25, 0.3) is 0 Å². The van der Waals surface area contributed by atoms with E-state index in [2.05, 4.69) is 29.2 Å². The molecule has 1 amide bonds. The largest absolute Gasteiger partial charge is 0.297 e. The van der Waals surface area contributed by atoms with Crippen molar-refractivity contribution in [2.75, 3.05) is 13.1 Å². The second-order valence-electron chi connectivity index (χ2n) is 5.93. The van der Waals surface area contributed by atoms with Crippen molar-refractivity contribution in [3.8, 4) is 0 Å². The molecular formula is C14H22N4O. The first kappa shape index (κ1) is 14.0. The molecule has 1 aliphatic heterocycles. The third-order valence-electron chi connectivity index (χ3n) is 3.77. The molecule has 19 heavy (non-hydrogen) atoms. The smallest absolute Gasteiger partial charge is 0.283 e. The van der Waals surface area contributed by atoms with Crippen molar-refractivity contribution in [3.05, 3.63) is 29.6 Å². The lowest BCUT2D eigenvalue weighted by atomic mass is 9.83. The van der Waals surface area contributed by atoms with Gasteiger partial charge in [-0.3, -0.25) is 15.1 Å². The number of aromatic nitrogens is 1. The highest BCUT2D eigenvalue weighted by atomic mass is 16.2. The van der Waals surface area contributed by atoms with Crippen molar-refractivity contribution in [1.82, 2.24) is 15.3 Å². The summed E-state index contributed by atoms with van der Waals surface area (Å²) < 4.78 is 0. The number of rotatable bonds is 3. The van der Waals surface area contributed by atoms with E-state index >= 15 is 0 Å². The van der Waals surface area contributed by atoms with Crippen LogP contribution in [0.5, 0.6) is 0 Å². The van der Waals surface area contributed by atoms with E-state index in [-0.39, 0.29) is 5.91 Å². The Labute approximate surface area is 114 Å². The Bertz CT molecular complexity index is 449. The molecule has 104 valence electrons. The average molecular weight is 262 g/mol. The number of nitrogens with two attached hydrogens (primary N) is 1. The zero-order valence-electron chi connectivity index (χ0n) is 11.6. The van der Waals surface area contributed by atoms with Crippen LogP contribution in [0.2, 0.25) is 0 Å². The average Bonchev–Trinajstić information content (AvgIpc) is 2.41. The van der Waals surface area contributed by atoms with Crippen LogP contribution in [0.4, 0.5) is 0 Å². The summed E-state index contributed by atoms with van der Waals surface area (Å²) in [7, 11) is 0. The van der Waals surface area contributed by atoms with Gasteiger partial charge in [0, 0.05) is 6.54 Å². The Morgan fingerprint density at radius 3 is 2.74 bits per heavy atom. The van der Waals surface area contributed by atoms with Crippen molar-refractivity contribution >= 4 is 5.91 Å². The maximum atomic E-state index is 11.4. The van der Waals surface area contributed by atoms with Crippen LogP contribution >= 0.6 is 0 Å². The quantitative estimate of drug-likeness (QED) is 0.489. The maximum Gasteiger partial charge on any atom is 0.283 e. The predicted molar refractivity (Wildman–Crippen MR) is 74.2 cm³/mol. The summed E-state index contributed by atoms with van der Waals surface area (Å²) in [6.07, 6.45) is 2.41. The Morgan fingerprint density at radius 1 is 1.42 bits per heavy atom. The second-order valence-corrected chi connectivity index (χ2v) is 5.93. The van der Waals surface area contributed by atoms with Gasteiger partial charge in [0.25, 0.3) is 5.91 Å². The molecule has 0 radical (unpaired) electrons. The highest BCUT2D eigenvalue weighted by Crippen LogP contribution is 2.30. The lowest BCUT2D eigenvalue weighted by Crippen LogP contribution is -2.37. The number of likely N-dealkylation sites (tertiary alicyclic amines) is 1. The molecule has 1 aromatic heterocycles. The van der Waals surface area contributed by atoms with E-state index in [1.54, 1.807) is 6.07 Å². The van der Waals surface area contributed by atoms with Crippen molar-refractivity contribution in [2.24, 2.45) is 11.3 Å². The lowest BCUT2D eigenvalue weighted by Gasteiger charge is -2.36. The number of hydrogen-bond donors (Lipinski definition) is 2. The normalized spacial score (nSPS) is 19.1. The van der Waals surface area contributed by atoms with Crippen LogP contribution in [0.15, 0.2) is 18.2 Å². The molecule has 0 atom stereocenters. The van der Waals surface area contributed by atoms with Crippen LogP contribution in [-0.2, 0) is 6.54 Å². The van der Waals surface area contributed by atoms with E-state index in [9.17, 15) is 4.79 Å². The van der Waals surface area contributed by atoms with E-state index in [1.165, 1.54) is 12.8 Å². The molecule has 5 heteroatoms. The summed E-state index contributed by atoms with van der Waals surface area (Å²) in [6, 6.07) is 5.47. The van der Waals surface area contributed by atoms with Gasteiger partial charge in [-0.25, -0.2) is 10.8 Å². The number of nitrogens with zero attached hydrogens (tertiary/aromatic N) is 2. The third kappa shape index (κ3) is 3.75. The molecular weight excluding hydrogens is 240 g/mol. The van der Waals surface area contributed by atoms with Crippen molar-refractivity contribution < 1.29 is 4.79 Å². The third-order valence-corrected chi connectivity index (χ3v) is 3.77. The SMILES string of the molecule is CC1(C)CCN(Cc2cccc(C(=O)NN)n2)CC1. The van der Waals surface area contributed by atoms with E-state index in [1.807, 2.05) is 12.1 Å². The number of hydrazine groups is 1. The summed E-state index contributed by atoms with van der Waals surface area (Å²) in [5.41, 5.74) is 3.85. The van der Waals surface area contributed by atoms with Crippen molar-refractivity contribution in [1.29, 1.82) is 0 Å². The monoisotopic (exact) mass is 262 g/mol. The van der Waals surface area contributed by atoms with E-state index in [0.29, 0.717) is 11.1 Å². The number of amides is 1. The Balaban J connectivity index is 1.98.